The van der Waals surface area contributed by atoms with E-state index in [2.05, 4.69) is 27.7 Å². The molecule has 3 nitrogen and oxygen atoms in total. The molecule has 0 heterocycles. The first-order valence-electron chi connectivity index (χ1n) is 9.93. The zero-order valence-corrected chi connectivity index (χ0v) is 16.4. The van der Waals surface area contributed by atoms with E-state index in [9.17, 15) is 9.90 Å². The van der Waals surface area contributed by atoms with Crippen molar-refractivity contribution in [2.45, 2.75) is 98.0 Å². The molecule has 0 bridgehead atoms. The summed E-state index contributed by atoms with van der Waals surface area (Å²) in [6.45, 7) is 11.5. The van der Waals surface area contributed by atoms with Crippen molar-refractivity contribution in [2.24, 2.45) is 28.6 Å². The molecular weight excluding hydrogens is 300 g/mol. The van der Waals surface area contributed by atoms with E-state index in [-0.39, 0.29) is 11.8 Å². The summed E-state index contributed by atoms with van der Waals surface area (Å²) in [6, 6.07) is 0. The average Bonchev–Trinajstić information content (AvgIpc) is 2.42. The number of carbonyl (C=O) groups is 1. The highest BCUT2D eigenvalue weighted by atomic mass is 16.4. The standard InChI is InChI=1S/C21H38O3/c1-15(8-10-18(22)23)7-9-17-20(4)13-6-12-19(2,3)16(20)11-14-21(17,5)24/h15-17,24H,6-14H2,1-5H3,(H,22,23). The lowest BCUT2D eigenvalue weighted by molar-refractivity contribution is -0.170. The van der Waals surface area contributed by atoms with Crippen molar-refractivity contribution in [1.29, 1.82) is 0 Å². The van der Waals surface area contributed by atoms with Crippen LogP contribution in [-0.2, 0) is 4.79 Å². The molecule has 140 valence electrons. The number of carboxylic acids is 1. The summed E-state index contributed by atoms with van der Waals surface area (Å²) in [7, 11) is 0. The maximum absolute atomic E-state index is 11.1. The van der Waals surface area contributed by atoms with Crippen molar-refractivity contribution in [3.8, 4) is 0 Å². The minimum Gasteiger partial charge on any atom is -0.481 e. The summed E-state index contributed by atoms with van der Waals surface area (Å²) in [6.07, 6.45) is 8.90. The van der Waals surface area contributed by atoms with Gasteiger partial charge in [-0.2, -0.15) is 0 Å². The van der Waals surface area contributed by atoms with Crippen LogP contribution in [-0.4, -0.2) is 21.8 Å². The second-order valence-corrected chi connectivity index (χ2v) is 9.96. The average molecular weight is 339 g/mol. The van der Waals surface area contributed by atoms with Crippen LogP contribution in [0.2, 0.25) is 0 Å². The van der Waals surface area contributed by atoms with E-state index < -0.39 is 11.6 Å². The van der Waals surface area contributed by atoms with Gasteiger partial charge in [-0.15, -0.1) is 0 Å². The molecule has 0 aromatic carbocycles. The fourth-order valence-corrected chi connectivity index (χ4v) is 6.23. The minimum atomic E-state index is -0.701. The number of rotatable bonds is 6. The van der Waals surface area contributed by atoms with Crippen molar-refractivity contribution in [3.05, 3.63) is 0 Å². The lowest BCUT2D eigenvalue weighted by Gasteiger charge is -2.61. The fourth-order valence-electron chi connectivity index (χ4n) is 6.23. The van der Waals surface area contributed by atoms with Gasteiger partial charge >= 0.3 is 5.97 Å². The number of carboxylic acid groups (broad SMARTS) is 1. The molecule has 5 atom stereocenters. The van der Waals surface area contributed by atoms with Crippen LogP contribution >= 0.6 is 0 Å². The normalized spacial score (nSPS) is 39.9. The molecule has 2 saturated carbocycles. The Labute approximate surface area is 148 Å². The van der Waals surface area contributed by atoms with Crippen LogP contribution in [0.5, 0.6) is 0 Å². The van der Waals surface area contributed by atoms with E-state index in [1.807, 2.05) is 6.92 Å². The van der Waals surface area contributed by atoms with Crippen molar-refractivity contribution >= 4 is 5.97 Å². The first kappa shape index (κ1) is 19.8. The molecule has 2 fully saturated rings. The van der Waals surface area contributed by atoms with Gasteiger partial charge in [0.25, 0.3) is 0 Å². The highest BCUT2D eigenvalue weighted by molar-refractivity contribution is 5.66. The molecule has 0 aliphatic heterocycles. The highest BCUT2D eigenvalue weighted by Gasteiger charge is 2.57. The Morgan fingerprint density at radius 3 is 2.42 bits per heavy atom. The third-order valence-corrected chi connectivity index (χ3v) is 7.56. The molecule has 0 saturated heterocycles. The van der Waals surface area contributed by atoms with E-state index in [0.29, 0.717) is 23.2 Å². The second kappa shape index (κ2) is 6.97. The molecule has 2 aliphatic rings. The molecule has 5 unspecified atom stereocenters. The molecule has 0 aromatic heterocycles. The first-order chi connectivity index (χ1) is 11.0. The van der Waals surface area contributed by atoms with Gasteiger partial charge in [0, 0.05) is 6.42 Å². The maximum atomic E-state index is 11.1. The third-order valence-electron chi connectivity index (χ3n) is 7.56. The molecule has 0 aromatic rings. The number of hydrogen-bond acceptors (Lipinski definition) is 2. The van der Waals surface area contributed by atoms with Gasteiger partial charge in [-0.3, -0.25) is 4.79 Å². The topological polar surface area (TPSA) is 57.5 Å². The third kappa shape index (κ3) is 3.98. The second-order valence-electron chi connectivity index (χ2n) is 9.96. The van der Waals surface area contributed by atoms with Gasteiger partial charge in [-0.05, 0) is 74.0 Å². The predicted molar refractivity (Wildman–Crippen MR) is 97.8 cm³/mol. The number of hydrogen-bond donors (Lipinski definition) is 2. The van der Waals surface area contributed by atoms with Gasteiger partial charge in [0.2, 0.25) is 0 Å². The molecule has 3 heteroatoms. The number of aliphatic carboxylic acids is 1. The van der Waals surface area contributed by atoms with Crippen molar-refractivity contribution < 1.29 is 15.0 Å². The zero-order valence-electron chi connectivity index (χ0n) is 16.4. The summed E-state index contributed by atoms with van der Waals surface area (Å²) in [4.78, 5) is 10.8. The Balaban J connectivity index is 2.10. The van der Waals surface area contributed by atoms with Gasteiger partial charge < -0.3 is 10.2 Å². The lowest BCUT2D eigenvalue weighted by atomic mass is 9.45. The maximum Gasteiger partial charge on any atom is 0.303 e. The Morgan fingerprint density at radius 1 is 1.12 bits per heavy atom. The number of fused-ring (bicyclic) bond motifs is 1. The van der Waals surface area contributed by atoms with E-state index >= 15 is 0 Å². The van der Waals surface area contributed by atoms with Crippen LogP contribution in [0.3, 0.4) is 0 Å². The molecule has 0 amide bonds. The summed E-state index contributed by atoms with van der Waals surface area (Å²) in [5, 5.41) is 20.0. The molecule has 0 radical (unpaired) electrons. The zero-order chi connectivity index (χ0) is 18.2. The Kier molecular flexibility index (Phi) is 5.74. The first-order valence-corrected chi connectivity index (χ1v) is 9.93. The van der Waals surface area contributed by atoms with Gasteiger partial charge in [-0.1, -0.05) is 40.5 Å². The summed E-state index contributed by atoms with van der Waals surface area (Å²) < 4.78 is 0. The monoisotopic (exact) mass is 338 g/mol. The van der Waals surface area contributed by atoms with E-state index in [4.69, 9.17) is 5.11 Å². The lowest BCUT2D eigenvalue weighted by Crippen LogP contribution is -2.57. The van der Waals surface area contributed by atoms with Crippen LogP contribution < -0.4 is 0 Å². The quantitative estimate of drug-likeness (QED) is 0.694. The predicted octanol–water partition coefficient (Wildman–Crippen LogP) is 5.26. The highest BCUT2D eigenvalue weighted by Crippen LogP contribution is 2.63. The summed E-state index contributed by atoms with van der Waals surface area (Å²) >= 11 is 0. The van der Waals surface area contributed by atoms with Gasteiger partial charge in [0.05, 0.1) is 5.60 Å². The molecule has 2 rings (SSSR count). The van der Waals surface area contributed by atoms with Gasteiger partial charge in [-0.25, -0.2) is 0 Å². The number of aliphatic hydroxyl groups is 1. The van der Waals surface area contributed by atoms with E-state index in [1.54, 1.807) is 0 Å². The minimum absolute atomic E-state index is 0.218. The summed E-state index contributed by atoms with van der Waals surface area (Å²) in [5.41, 5.74) is 0.0118. The Morgan fingerprint density at radius 2 is 1.79 bits per heavy atom. The van der Waals surface area contributed by atoms with Crippen molar-refractivity contribution in [1.82, 2.24) is 0 Å². The van der Waals surface area contributed by atoms with Crippen LogP contribution in [0.15, 0.2) is 0 Å². The fraction of sp³-hybridized carbons (Fsp3) is 0.952. The van der Waals surface area contributed by atoms with Crippen molar-refractivity contribution in [3.63, 3.8) is 0 Å². The Bertz CT molecular complexity index is 454. The van der Waals surface area contributed by atoms with E-state index in [1.165, 1.54) is 19.3 Å². The molecule has 0 spiro atoms. The SMILES string of the molecule is CC(CCC(=O)O)CCC1C(C)(O)CCC2C(C)(C)CCCC21C. The largest absolute Gasteiger partial charge is 0.481 e. The summed E-state index contributed by atoms with van der Waals surface area (Å²) in [5.74, 6) is 0.735. The molecule has 2 aliphatic carbocycles. The molecule has 24 heavy (non-hydrogen) atoms. The van der Waals surface area contributed by atoms with Crippen LogP contribution in [0, 0.1) is 28.6 Å². The molecular formula is C21H38O3. The van der Waals surface area contributed by atoms with Crippen LogP contribution in [0.25, 0.3) is 0 Å². The van der Waals surface area contributed by atoms with Gasteiger partial charge in [0.1, 0.15) is 0 Å². The molecule has 2 N–H and O–H groups in total. The smallest absolute Gasteiger partial charge is 0.303 e. The Hall–Kier alpha value is -0.570. The van der Waals surface area contributed by atoms with Crippen LogP contribution in [0.1, 0.15) is 92.4 Å². The van der Waals surface area contributed by atoms with Gasteiger partial charge in [0.15, 0.2) is 0 Å². The van der Waals surface area contributed by atoms with Crippen LogP contribution in [0.4, 0.5) is 0 Å². The van der Waals surface area contributed by atoms with E-state index in [0.717, 1.165) is 32.1 Å². The van der Waals surface area contributed by atoms with Crippen molar-refractivity contribution in [2.75, 3.05) is 0 Å².